The number of phenols is 1. The number of fused-ring (bicyclic) bond motifs is 3. The van der Waals surface area contributed by atoms with Gasteiger partial charge in [0.1, 0.15) is 5.75 Å². The predicted molar refractivity (Wildman–Crippen MR) is 128 cm³/mol. The number of carbonyl (C=O) groups is 2. The van der Waals surface area contributed by atoms with Crippen LogP contribution in [0.4, 0.5) is 4.79 Å². The van der Waals surface area contributed by atoms with E-state index in [0.717, 1.165) is 36.9 Å². The molecule has 3 N–H and O–H groups in total. The minimum absolute atomic E-state index is 0.0134. The second-order valence-corrected chi connectivity index (χ2v) is 11.3. The fourth-order valence-electron chi connectivity index (χ4n) is 5.80. The quantitative estimate of drug-likeness (QED) is 0.518. The molecule has 10 nitrogen and oxygen atoms in total. The van der Waals surface area contributed by atoms with Crippen LogP contribution in [0.3, 0.4) is 0 Å². The van der Waals surface area contributed by atoms with Crippen molar-refractivity contribution in [1.29, 1.82) is 0 Å². The van der Waals surface area contributed by atoms with E-state index in [9.17, 15) is 23.1 Å². The van der Waals surface area contributed by atoms with Gasteiger partial charge in [-0.3, -0.25) is 9.69 Å². The zero-order valence-electron chi connectivity index (χ0n) is 20.1. The minimum atomic E-state index is -3.34. The number of carbonyl (C=O) groups excluding carboxylic acids is 2. The zero-order valence-corrected chi connectivity index (χ0v) is 20.9. The van der Waals surface area contributed by atoms with E-state index in [2.05, 4.69) is 14.9 Å². The van der Waals surface area contributed by atoms with Crippen LogP contribution in [-0.4, -0.2) is 97.8 Å². The number of hydrogen-bond acceptors (Lipinski definition) is 6. The van der Waals surface area contributed by atoms with Crippen molar-refractivity contribution in [2.75, 3.05) is 52.1 Å². The lowest BCUT2D eigenvalue weighted by molar-refractivity contribution is 0.0309. The number of amides is 3. The minimum Gasteiger partial charge on any atom is -0.507 e. The fourth-order valence-corrected chi connectivity index (χ4v) is 6.26. The molecule has 1 spiro atoms. The Morgan fingerprint density at radius 1 is 1.29 bits per heavy atom. The van der Waals surface area contributed by atoms with Gasteiger partial charge in [0.25, 0.3) is 5.91 Å². The molecule has 2 fully saturated rings. The van der Waals surface area contributed by atoms with Gasteiger partial charge in [0.05, 0.1) is 17.4 Å². The highest BCUT2D eigenvalue weighted by molar-refractivity contribution is 7.88. The first-order valence-electron chi connectivity index (χ1n) is 12.0. The number of sulfonamides is 1. The molecule has 188 valence electrons. The zero-order chi connectivity index (χ0) is 24.7. The number of rotatable bonds is 7. The van der Waals surface area contributed by atoms with Crippen molar-refractivity contribution < 1.29 is 23.1 Å². The predicted octanol–water partition coefficient (Wildman–Crippen LogP) is 0.880. The average Bonchev–Trinajstić information content (AvgIpc) is 3.08. The molecular weight excluding hydrogens is 458 g/mol. The van der Waals surface area contributed by atoms with E-state index in [-0.39, 0.29) is 30.3 Å². The molecular formula is C23H35N5O5S. The lowest BCUT2D eigenvalue weighted by Crippen LogP contribution is -2.57. The third-order valence-corrected chi connectivity index (χ3v) is 8.29. The van der Waals surface area contributed by atoms with Gasteiger partial charge in [0.15, 0.2) is 0 Å². The lowest BCUT2D eigenvalue weighted by atomic mass is 9.76. The van der Waals surface area contributed by atoms with Gasteiger partial charge in [-0.15, -0.1) is 0 Å². The highest BCUT2D eigenvalue weighted by Gasteiger charge is 2.51. The summed E-state index contributed by atoms with van der Waals surface area (Å²) in [6.45, 7) is 7.54. The van der Waals surface area contributed by atoms with Gasteiger partial charge < -0.3 is 20.2 Å². The van der Waals surface area contributed by atoms with Crippen LogP contribution >= 0.6 is 0 Å². The highest BCUT2D eigenvalue weighted by atomic mass is 32.2. The van der Waals surface area contributed by atoms with Crippen molar-refractivity contribution in [3.05, 3.63) is 28.8 Å². The summed E-state index contributed by atoms with van der Waals surface area (Å²) >= 11 is 0. The normalized spacial score (nSPS) is 24.6. The molecule has 2 atom stereocenters. The maximum atomic E-state index is 13.2. The largest absolute Gasteiger partial charge is 0.507 e. The van der Waals surface area contributed by atoms with Crippen LogP contribution in [0, 0.1) is 0 Å². The summed E-state index contributed by atoms with van der Waals surface area (Å²) in [6, 6.07) is 3.37. The Hall–Kier alpha value is -2.37. The van der Waals surface area contributed by atoms with Crippen molar-refractivity contribution >= 4 is 22.0 Å². The number of nitrogens with one attached hydrogen (secondary N) is 2. The summed E-state index contributed by atoms with van der Waals surface area (Å²) in [5, 5.41) is 13.6. The van der Waals surface area contributed by atoms with E-state index in [1.165, 1.54) is 0 Å². The molecule has 0 radical (unpaired) electrons. The molecule has 3 aliphatic heterocycles. The summed E-state index contributed by atoms with van der Waals surface area (Å²) in [6.07, 6.45) is 3.27. The van der Waals surface area contributed by atoms with E-state index in [1.807, 2.05) is 19.9 Å². The van der Waals surface area contributed by atoms with Gasteiger partial charge in [-0.1, -0.05) is 6.07 Å². The Bertz CT molecular complexity index is 1070. The Kier molecular flexibility index (Phi) is 6.80. The lowest BCUT2D eigenvalue weighted by Gasteiger charge is -2.50. The standard InChI is InChI=1S/C23H35N5O5S/c1-4-26(5-2)21(30)20-17-8-11-27-12-9-23(14-18(27)16(17)6-7-19(20)29)15-24-22(31)28(23)13-10-25-34(3,32)33/h6-7,18,25,29H,4-5,8-15H2,1-3H3,(H,24,31). The number of hydrogen-bond donors (Lipinski definition) is 3. The van der Waals surface area contributed by atoms with Crippen molar-refractivity contribution in [1.82, 2.24) is 24.7 Å². The first-order chi connectivity index (χ1) is 16.1. The first kappa shape index (κ1) is 24.7. The number of urea groups is 1. The summed E-state index contributed by atoms with van der Waals surface area (Å²) < 4.78 is 25.5. The Morgan fingerprint density at radius 2 is 2.03 bits per heavy atom. The molecule has 3 amide bonds. The summed E-state index contributed by atoms with van der Waals surface area (Å²) in [7, 11) is -3.34. The van der Waals surface area contributed by atoms with Crippen LogP contribution < -0.4 is 10.0 Å². The smallest absolute Gasteiger partial charge is 0.318 e. The average molecular weight is 494 g/mol. The molecule has 0 saturated carbocycles. The van der Waals surface area contributed by atoms with Crippen molar-refractivity contribution in [3.8, 4) is 5.75 Å². The molecule has 2 unspecified atom stereocenters. The van der Waals surface area contributed by atoms with Gasteiger partial charge in [0, 0.05) is 51.9 Å². The van der Waals surface area contributed by atoms with Crippen LogP contribution in [0.5, 0.6) is 5.75 Å². The monoisotopic (exact) mass is 493 g/mol. The molecule has 0 aromatic heterocycles. The van der Waals surface area contributed by atoms with E-state index in [1.54, 1.807) is 15.9 Å². The third-order valence-electron chi connectivity index (χ3n) is 7.56. The number of nitrogens with zero attached hydrogens (tertiary/aromatic N) is 3. The van der Waals surface area contributed by atoms with Crippen molar-refractivity contribution in [2.24, 2.45) is 0 Å². The number of aromatic hydroxyl groups is 1. The van der Waals surface area contributed by atoms with Crippen molar-refractivity contribution in [3.63, 3.8) is 0 Å². The van der Waals surface area contributed by atoms with E-state index >= 15 is 0 Å². The van der Waals surface area contributed by atoms with E-state index in [4.69, 9.17) is 0 Å². The van der Waals surface area contributed by atoms with Crippen molar-refractivity contribution in [2.45, 2.75) is 44.7 Å². The summed E-state index contributed by atoms with van der Waals surface area (Å²) in [4.78, 5) is 31.8. The maximum Gasteiger partial charge on any atom is 0.318 e. The number of phenolic OH excluding ortho intramolecular Hbond substituents is 1. The van der Waals surface area contributed by atoms with Gasteiger partial charge in [-0.2, -0.15) is 0 Å². The molecule has 11 heteroatoms. The molecule has 0 bridgehead atoms. The summed E-state index contributed by atoms with van der Waals surface area (Å²) in [5.74, 6) is -0.134. The van der Waals surface area contributed by atoms with Crippen LogP contribution in [0.1, 0.15) is 54.2 Å². The van der Waals surface area contributed by atoms with Gasteiger partial charge in [0.2, 0.25) is 10.0 Å². The molecule has 1 aromatic rings. The Labute approximate surface area is 201 Å². The topological polar surface area (TPSA) is 122 Å². The van der Waals surface area contributed by atoms with E-state index in [0.29, 0.717) is 44.6 Å². The van der Waals surface area contributed by atoms with Crippen LogP contribution in [0.2, 0.25) is 0 Å². The van der Waals surface area contributed by atoms with Gasteiger partial charge >= 0.3 is 6.03 Å². The molecule has 3 aliphatic rings. The molecule has 2 saturated heterocycles. The second kappa shape index (κ2) is 9.35. The molecule has 1 aromatic carbocycles. The molecule has 4 rings (SSSR count). The Balaban J connectivity index is 1.64. The number of benzene rings is 1. The SMILES string of the molecule is CCN(CC)C(=O)c1c(O)ccc2c1CCN1CCC3(CNC(=O)N3CCNS(C)(=O)=O)CC21. The second-order valence-electron chi connectivity index (χ2n) is 9.46. The highest BCUT2D eigenvalue weighted by Crippen LogP contribution is 2.46. The first-order valence-corrected chi connectivity index (χ1v) is 13.9. The number of piperidine rings is 1. The summed E-state index contributed by atoms with van der Waals surface area (Å²) in [5.41, 5.74) is 1.91. The maximum absolute atomic E-state index is 13.2. The van der Waals surface area contributed by atoms with Crippen LogP contribution in [0.25, 0.3) is 0 Å². The Morgan fingerprint density at radius 3 is 2.71 bits per heavy atom. The van der Waals surface area contributed by atoms with Gasteiger partial charge in [-0.25, -0.2) is 17.9 Å². The molecule has 0 aliphatic carbocycles. The third kappa shape index (κ3) is 4.48. The molecule has 3 heterocycles. The van der Waals surface area contributed by atoms with Crippen LogP contribution in [0.15, 0.2) is 12.1 Å². The molecule has 34 heavy (non-hydrogen) atoms. The van der Waals surface area contributed by atoms with Crippen LogP contribution in [-0.2, 0) is 16.4 Å². The van der Waals surface area contributed by atoms with E-state index < -0.39 is 15.6 Å². The fraction of sp³-hybridized carbons (Fsp3) is 0.652. The van der Waals surface area contributed by atoms with Gasteiger partial charge in [-0.05, 0) is 50.3 Å².